The summed E-state index contributed by atoms with van der Waals surface area (Å²) in [5.41, 5.74) is 6.49. The quantitative estimate of drug-likeness (QED) is 0.655. The SMILES string of the molecule is CCc1ccc(OCC(=O)NNC(=O)CCS(=O)(=O)c2ccc(C)cc2)cc1. The Balaban J connectivity index is 1.72. The zero-order valence-corrected chi connectivity index (χ0v) is 16.7. The zero-order valence-electron chi connectivity index (χ0n) is 15.9. The van der Waals surface area contributed by atoms with Crippen LogP contribution in [-0.2, 0) is 25.8 Å². The first kappa shape index (κ1) is 21.4. The Morgan fingerprint density at radius 1 is 0.929 bits per heavy atom. The van der Waals surface area contributed by atoms with Gasteiger partial charge in [-0.05, 0) is 43.2 Å². The predicted octanol–water partition coefficient (Wildman–Crippen LogP) is 1.95. The van der Waals surface area contributed by atoms with E-state index in [1.165, 1.54) is 12.1 Å². The molecule has 2 aromatic carbocycles. The van der Waals surface area contributed by atoms with E-state index in [0.29, 0.717) is 5.75 Å². The van der Waals surface area contributed by atoms with Crippen molar-refractivity contribution in [2.24, 2.45) is 0 Å². The summed E-state index contributed by atoms with van der Waals surface area (Å²) in [6, 6.07) is 13.8. The lowest BCUT2D eigenvalue weighted by Crippen LogP contribution is -2.44. The molecule has 0 aliphatic rings. The van der Waals surface area contributed by atoms with Crippen LogP contribution in [0.5, 0.6) is 5.75 Å². The number of carbonyl (C=O) groups excluding carboxylic acids is 2. The maximum Gasteiger partial charge on any atom is 0.276 e. The van der Waals surface area contributed by atoms with Crippen LogP contribution < -0.4 is 15.6 Å². The fourth-order valence-corrected chi connectivity index (χ4v) is 3.54. The van der Waals surface area contributed by atoms with E-state index >= 15 is 0 Å². The largest absolute Gasteiger partial charge is 0.484 e. The summed E-state index contributed by atoms with van der Waals surface area (Å²) in [4.78, 5) is 23.7. The van der Waals surface area contributed by atoms with E-state index in [9.17, 15) is 18.0 Å². The minimum absolute atomic E-state index is 0.164. The van der Waals surface area contributed by atoms with Crippen LogP contribution in [0.1, 0.15) is 24.5 Å². The third-order valence-corrected chi connectivity index (χ3v) is 5.75. The first-order valence-electron chi connectivity index (χ1n) is 8.89. The van der Waals surface area contributed by atoms with Crippen LogP contribution in [0.15, 0.2) is 53.4 Å². The molecule has 2 rings (SSSR count). The Morgan fingerprint density at radius 3 is 2.14 bits per heavy atom. The Bertz CT molecular complexity index is 907. The number of benzene rings is 2. The lowest BCUT2D eigenvalue weighted by atomic mass is 10.2. The van der Waals surface area contributed by atoms with Gasteiger partial charge in [0.15, 0.2) is 16.4 Å². The molecule has 0 saturated heterocycles. The van der Waals surface area contributed by atoms with Crippen molar-refractivity contribution in [3.63, 3.8) is 0 Å². The second kappa shape index (κ2) is 9.89. The number of ether oxygens (including phenoxy) is 1. The van der Waals surface area contributed by atoms with Crippen LogP contribution >= 0.6 is 0 Å². The summed E-state index contributed by atoms with van der Waals surface area (Å²) in [7, 11) is -3.56. The summed E-state index contributed by atoms with van der Waals surface area (Å²) in [6.45, 7) is 3.63. The minimum atomic E-state index is -3.56. The monoisotopic (exact) mass is 404 g/mol. The van der Waals surface area contributed by atoms with Gasteiger partial charge < -0.3 is 4.74 Å². The first-order valence-corrected chi connectivity index (χ1v) is 10.5. The molecular weight excluding hydrogens is 380 g/mol. The van der Waals surface area contributed by atoms with E-state index < -0.39 is 21.7 Å². The second-order valence-electron chi connectivity index (χ2n) is 6.26. The van der Waals surface area contributed by atoms with Crippen molar-refractivity contribution >= 4 is 21.7 Å². The third-order valence-electron chi connectivity index (χ3n) is 4.02. The van der Waals surface area contributed by atoms with E-state index in [4.69, 9.17) is 4.74 Å². The minimum Gasteiger partial charge on any atom is -0.484 e. The molecule has 2 aromatic rings. The summed E-state index contributed by atoms with van der Waals surface area (Å²) < 4.78 is 29.7. The summed E-state index contributed by atoms with van der Waals surface area (Å²) >= 11 is 0. The standard InChI is InChI=1S/C20H24N2O5S/c1-3-16-6-8-17(9-7-16)27-14-20(24)22-21-19(23)12-13-28(25,26)18-10-4-15(2)5-11-18/h4-11H,3,12-14H2,1-2H3,(H,21,23)(H,22,24). The molecule has 150 valence electrons. The number of rotatable bonds is 8. The number of sulfone groups is 1. The van der Waals surface area contributed by atoms with Crippen molar-refractivity contribution in [2.75, 3.05) is 12.4 Å². The number of aryl methyl sites for hydroxylation is 2. The van der Waals surface area contributed by atoms with E-state index in [-0.39, 0.29) is 23.7 Å². The van der Waals surface area contributed by atoms with E-state index in [1.54, 1.807) is 24.3 Å². The molecule has 0 radical (unpaired) electrons. The molecule has 7 nitrogen and oxygen atoms in total. The van der Waals surface area contributed by atoms with Gasteiger partial charge >= 0.3 is 0 Å². The highest BCUT2D eigenvalue weighted by molar-refractivity contribution is 7.91. The molecule has 8 heteroatoms. The predicted molar refractivity (Wildman–Crippen MR) is 105 cm³/mol. The smallest absolute Gasteiger partial charge is 0.276 e. The Labute approximate surface area is 165 Å². The molecular formula is C20H24N2O5S. The summed E-state index contributed by atoms with van der Waals surface area (Å²) in [6.07, 6.45) is 0.641. The van der Waals surface area contributed by atoms with Crippen molar-refractivity contribution in [3.8, 4) is 5.75 Å². The van der Waals surface area contributed by atoms with Gasteiger partial charge in [0.25, 0.3) is 5.91 Å². The van der Waals surface area contributed by atoms with Crippen LogP contribution in [0.2, 0.25) is 0 Å². The van der Waals surface area contributed by atoms with Crippen LogP contribution in [0.4, 0.5) is 0 Å². The molecule has 0 spiro atoms. The van der Waals surface area contributed by atoms with Gasteiger partial charge in [-0.15, -0.1) is 0 Å². The third kappa shape index (κ3) is 6.70. The number of hydrogen-bond donors (Lipinski definition) is 2. The molecule has 0 aromatic heterocycles. The van der Waals surface area contributed by atoms with Crippen molar-refractivity contribution < 1.29 is 22.7 Å². The van der Waals surface area contributed by atoms with Gasteiger partial charge in [-0.25, -0.2) is 8.42 Å². The number of hydrogen-bond acceptors (Lipinski definition) is 5. The van der Waals surface area contributed by atoms with Crippen molar-refractivity contribution in [3.05, 3.63) is 59.7 Å². The van der Waals surface area contributed by atoms with Gasteiger partial charge in [-0.3, -0.25) is 20.4 Å². The van der Waals surface area contributed by atoms with E-state index in [1.807, 2.05) is 26.0 Å². The fraction of sp³-hybridized carbons (Fsp3) is 0.300. The Hall–Kier alpha value is -2.87. The number of nitrogens with one attached hydrogen (secondary N) is 2. The van der Waals surface area contributed by atoms with Crippen molar-refractivity contribution in [2.45, 2.75) is 31.6 Å². The molecule has 0 unspecified atom stereocenters. The van der Waals surface area contributed by atoms with Gasteiger partial charge in [-0.1, -0.05) is 36.8 Å². The first-order chi connectivity index (χ1) is 13.3. The van der Waals surface area contributed by atoms with Gasteiger partial charge in [0, 0.05) is 6.42 Å². The van der Waals surface area contributed by atoms with Gasteiger partial charge in [0.05, 0.1) is 10.6 Å². The average Bonchev–Trinajstić information content (AvgIpc) is 2.70. The topological polar surface area (TPSA) is 102 Å². The molecule has 0 saturated carbocycles. The second-order valence-corrected chi connectivity index (χ2v) is 8.37. The highest BCUT2D eigenvalue weighted by Gasteiger charge is 2.16. The molecule has 0 aliphatic carbocycles. The highest BCUT2D eigenvalue weighted by Crippen LogP contribution is 2.13. The normalized spacial score (nSPS) is 10.9. The lowest BCUT2D eigenvalue weighted by Gasteiger charge is -2.09. The van der Waals surface area contributed by atoms with E-state index in [2.05, 4.69) is 10.9 Å². The Kier molecular flexibility index (Phi) is 7.57. The molecule has 2 N–H and O–H groups in total. The van der Waals surface area contributed by atoms with Gasteiger partial charge in [0.2, 0.25) is 5.91 Å². The van der Waals surface area contributed by atoms with Gasteiger partial charge in [-0.2, -0.15) is 0 Å². The maximum atomic E-state index is 12.2. The molecule has 0 atom stereocenters. The zero-order chi connectivity index (χ0) is 20.6. The van der Waals surface area contributed by atoms with Crippen LogP contribution in [0.3, 0.4) is 0 Å². The number of hydrazine groups is 1. The fourth-order valence-electron chi connectivity index (χ4n) is 2.30. The number of carbonyl (C=O) groups is 2. The molecule has 0 aliphatic heterocycles. The van der Waals surface area contributed by atoms with Crippen LogP contribution in [-0.4, -0.2) is 32.6 Å². The Morgan fingerprint density at radius 2 is 1.54 bits per heavy atom. The summed E-state index contributed by atoms with van der Waals surface area (Å²) in [5.74, 6) is -0.952. The molecule has 28 heavy (non-hydrogen) atoms. The summed E-state index contributed by atoms with van der Waals surface area (Å²) in [5, 5.41) is 0. The molecule has 0 bridgehead atoms. The van der Waals surface area contributed by atoms with Crippen molar-refractivity contribution in [1.82, 2.24) is 10.9 Å². The lowest BCUT2D eigenvalue weighted by molar-refractivity contribution is -0.129. The van der Waals surface area contributed by atoms with Crippen LogP contribution in [0, 0.1) is 6.92 Å². The van der Waals surface area contributed by atoms with Crippen molar-refractivity contribution in [1.29, 1.82) is 0 Å². The highest BCUT2D eigenvalue weighted by atomic mass is 32.2. The molecule has 0 fully saturated rings. The average molecular weight is 404 g/mol. The molecule has 2 amide bonds. The maximum absolute atomic E-state index is 12.2. The van der Waals surface area contributed by atoms with Gasteiger partial charge in [0.1, 0.15) is 5.75 Å². The molecule has 0 heterocycles. The van der Waals surface area contributed by atoms with E-state index in [0.717, 1.165) is 17.5 Å². The van der Waals surface area contributed by atoms with Crippen LogP contribution in [0.25, 0.3) is 0 Å². The number of amides is 2.